The first-order valence-corrected chi connectivity index (χ1v) is 6.69. The Kier molecular flexibility index (Phi) is 3.06. The van der Waals surface area contributed by atoms with Crippen LogP contribution in [0.2, 0.25) is 0 Å². The normalized spacial score (nSPS) is 23.7. The van der Waals surface area contributed by atoms with Crippen LogP contribution in [0.15, 0.2) is 24.3 Å². The third-order valence-corrected chi connectivity index (χ3v) is 4.04. The Morgan fingerprint density at radius 2 is 2.00 bits per heavy atom. The smallest absolute Gasteiger partial charge is 0.256 e. The number of rotatable bonds is 3. The van der Waals surface area contributed by atoms with Crippen molar-refractivity contribution < 1.29 is 14.8 Å². The van der Waals surface area contributed by atoms with Gasteiger partial charge in [-0.1, -0.05) is 18.2 Å². The van der Waals surface area contributed by atoms with E-state index < -0.39 is 6.23 Å². The molecular formula is C14H19N2O2+. The first kappa shape index (κ1) is 11.7. The molecule has 1 aromatic carbocycles. The lowest BCUT2D eigenvalue weighted by Gasteiger charge is -2.22. The lowest BCUT2D eigenvalue weighted by Crippen LogP contribution is -3.10. The van der Waals surface area contributed by atoms with Crippen molar-refractivity contribution in [1.82, 2.24) is 4.90 Å². The van der Waals surface area contributed by atoms with Gasteiger partial charge in [-0.3, -0.25) is 4.79 Å². The van der Waals surface area contributed by atoms with Gasteiger partial charge in [-0.05, 0) is 6.07 Å². The number of benzene rings is 1. The average Bonchev–Trinajstić information content (AvgIpc) is 2.98. The number of amides is 1. The van der Waals surface area contributed by atoms with Crippen molar-refractivity contribution in [2.75, 3.05) is 26.2 Å². The van der Waals surface area contributed by atoms with Gasteiger partial charge in [-0.2, -0.15) is 0 Å². The van der Waals surface area contributed by atoms with Gasteiger partial charge in [0.1, 0.15) is 0 Å². The van der Waals surface area contributed by atoms with Crippen LogP contribution in [0, 0.1) is 0 Å². The minimum absolute atomic E-state index is 0.0308. The standard InChI is InChI=1S/C14H18N2O2/c17-13-11-5-1-2-6-12(11)14(18)16(13)10-9-15-7-3-4-8-15/h1-2,5-6,13,17H,3-4,7-10H2/p+1/t13-/m0/s1. The van der Waals surface area contributed by atoms with Crippen molar-refractivity contribution in [3.05, 3.63) is 35.4 Å². The number of fused-ring (bicyclic) bond motifs is 1. The maximum absolute atomic E-state index is 12.2. The average molecular weight is 247 g/mol. The molecule has 0 spiro atoms. The van der Waals surface area contributed by atoms with Crippen molar-refractivity contribution in [1.29, 1.82) is 0 Å². The zero-order chi connectivity index (χ0) is 12.5. The number of likely N-dealkylation sites (tertiary alicyclic amines) is 1. The predicted molar refractivity (Wildman–Crippen MR) is 67.2 cm³/mol. The molecule has 3 rings (SSSR count). The molecule has 2 N–H and O–H groups in total. The Labute approximate surface area is 107 Å². The fraction of sp³-hybridized carbons (Fsp3) is 0.500. The molecule has 0 aromatic heterocycles. The molecule has 1 atom stereocenters. The van der Waals surface area contributed by atoms with Gasteiger partial charge >= 0.3 is 0 Å². The second-order valence-electron chi connectivity index (χ2n) is 5.17. The summed E-state index contributed by atoms with van der Waals surface area (Å²) in [6.45, 7) is 3.98. The molecule has 0 unspecified atom stereocenters. The summed E-state index contributed by atoms with van der Waals surface area (Å²) >= 11 is 0. The zero-order valence-corrected chi connectivity index (χ0v) is 10.4. The van der Waals surface area contributed by atoms with E-state index in [-0.39, 0.29) is 5.91 Å². The summed E-state index contributed by atoms with van der Waals surface area (Å²) in [6.07, 6.45) is 1.81. The van der Waals surface area contributed by atoms with E-state index in [0.29, 0.717) is 12.1 Å². The van der Waals surface area contributed by atoms with Crippen LogP contribution in [-0.4, -0.2) is 42.1 Å². The summed E-state index contributed by atoms with van der Waals surface area (Å²) in [5, 5.41) is 10.2. The molecule has 18 heavy (non-hydrogen) atoms. The molecule has 4 nitrogen and oxygen atoms in total. The number of aliphatic hydroxyl groups is 1. The van der Waals surface area contributed by atoms with Gasteiger partial charge in [0.2, 0.25) is 0 Å². The van der Waals surface area contributed by atoms with E-state index in [9.17, 15) is 9.90 Å². The molecule has 1 aromatic rings. The monoisotopic (exact) mass is 247 g/mol. The Bertz CT molecular complexity index is 455. The Balaban J connectivity index is 1.69. The highest BCUT2D eigenvalue weighted by atomic mass is 16.3. The maximum Gasteiger partial charge on any atom is 0.256 e. The Hall–Kier alpha value is -1.39. The first-order chi connectivity index (χ1) is 8.77. The van der Waals surface area contributed by atoms with E-state index in [1.165, 1.54) is 25.9 Å². The third kappa shape index (κ3) is 1.91. The summed E-state index contributed by atoms with van der Waals surface area (Å²) in [7, 11) is 0. The Morgan fingerprint density at radius 3 is 2.72 bits per heavy atom. The van der Waals surface area contributed by atoms with Gasteiger partial charge in [0.25, 0.3) is 5.91 Å². The maximum atomic E-state index is 12.2. The van der Waals surface area contributed by atoms with Crippen LogP contribution >= 0.6 is 0 Å². The number of carbonyl (C=O) groups excluding carboxylic acids is 1. The van der Waals surface area contributed by atoms with Crippen LogP contribution in [0.25, 0.3) is 0 Å². The summed E-state index contributed by atoms with van der Waals surface area (Å²) in [4.78, 5) is 15.3. The lowest BCUT2D eigenvalue weighted by atomic mass is 10.1. The molecule has 96 valence electrons. The molecule has 0 radical (unpaired) electrons. The van der Waals surface area contributed by atoms with Crippen molar-refractivity contribution in [2.45, 2.75) is 19.1 Å². The number of carbonyl (C=O) groups is 1. The number of quaternary nitrogens is 1. The predicted octanol–water partition coefficient (Wildman–Crippen LogP) is -0.188. The number of hydrogen-bond acceptors (Lipinski definition) is 2. The summed E-state index contributed by atoms with van der Waals surface area (Å²) in [5.74, 6) is -0.0308. The van der Waals surface area contributed by atoms with Gasteiger partial charge in [0.15, 0.2) is 6.23 Å². The highest BCUT2D eigenvalue weighted by Gasteiger charge is 2.35. The number of hydrogen-bond donors (Lipinski definition) is 2. The van der Waals surface area contributed by atoms with Crippen LogP contribution in [0.3, 0.4) is 0 Å². The van der Waals surface area contributed by atoms with E-state index in [4.69, 9.17) is 0 Å². The van der Waals surface area contributed by atoms with Crippen molar-refractivity contribution >= 4 is 5.91 Å². The van der Waals surface area contributed by atoms with Crippen LogP contribution in [-0.2, 0) is 0 Å². The molecule has 1 fully saturated rings. The largest absolute Gasteiger partial charge is 0.369 e. The minimum Gasteiger partial charge on any atom is -0.369 e. The molecule has 0 aliphatic carbocycles. The second-order valence-corrected chi connectivity index (χ2v) is 5.17. The van der Waals surface area contributed by atoms with Crippen LogP contribution in [0.5, 0.6) is 0 Å². The molecular weight excluding hydrogens is 228 g/mol. The van der Waals surface area contributed by atoms with Gasteiger partial charge in [-0.25, -0.2) is 0 Å². The van der Waals surface area contributed by atoms with E-state index >= 15 is 0 Å². The topological polar surface area (TPSA) is 45.0 Å². The number of nitrogens with zero attached hydrogens (tertiary/aromatic N) is 1. The van der Waals surface area contributed by atoms with E-state index in [2.05, 4.69) is 0 Å². The van der Waals surface area contributed by atoms with E-state index in [1.54, 1.807) is 15.9 Å². The molecule has 0 bridgehead atoms. The second kappa shape index (κ2) is 4.71. The quantitative estimate of drug-likeness (QED) is 0.778. The van der Waals surface area contributed by atoms with Gasteiger partial charge in [0.05, 0.1) is 26.2 Å². The summed E-state index contributed by atoms with van der Waals surface area (Å²) < 4.78 is 0. The van der Waals surface area contributed by atoms with Gasteiger partial charge < -0.3 is 14.9 Å². The molecule has 0 saturated carbocycles. The minimum atomic E-state index is -0.754. The number of nitrogens with one attached hydrogen (secondary N) is 1. The summed E-state index contributed by atoms with van der Waals surface area (Å²) in [5.41, 5.74) is 1.40. The van der Waals surface area contributed by atoms with Gasteiger partial charge in [0, 0.05) is 24.0 Å². The van der Waals surface area contributed by atoms with Crippen LogP contribution in [0.1, 0.15) is 35.0 Å². The van der Waals surface area contributed by atoms with Crippen molar-refractivity contribution in [2.24, 2.45) is 0 Å². The Morgan fingerprint density at radius 1 is 1.28 bits per heavy atom. The molecule has 2 heterocycles. The van der Waals surface area contributed by atoms with Gasteiger partial charge in [-0.15, -0.1) is 0 Å². The van der Waals surface area contributed by atoms with Crippen LogP contribution < -0.4 is 4.90 Å². The van der Waals surface area contributed by atoms with E-state index in [0.717, 1.165) is 12.1 Å². The zero-order valence-electron chi connectivity index (χ0n) is 10.4. The molecule has 1 amide bonds. The molecule has 1 saturated heterocycles. The fourth-order valence-electron chi connectivity index (χ4n) is 2.98. The lowest BCUT2D eigenvalue weighted by molar-refractivity contribution is -0.886. The van der Waals surface area contributed by atoms with Crippen molar-refractivity contribution in [3.63, 3.8) is 0 Å². The SMILES string of the molecule is O=C1c2ccccc2[C@H](O)N1CC[NH+]1CCCC1. The van der Waals surface area contributed by atoms with Crippen molar-refractivity contribution in [3.8, 4) is 0 Å². The third-order valence-electron chi connectivity index (χ3n) is 4.04. The molecule has 2 aliphatic heterocycles. The first-order valence-electron chi connectivity index (χ1n) is 6.69. The highest BCUT2D eigenvalue weighted by molar-refractivity contribution is 5.98. The molecule has 2 aliphatic rings. The highest BCUT2D eigenvalue weighted by Crippen LogP contribution is 2.30. The van der Waals surface area contributed by atoms with Crippen LogP contribution in [0.4, 0.5) is 0 Å². The fourth-order valence-corrected chi connectivity index (χ4v) is 2.98. The molecule has 4 heteroatoms. The number of aliphatic hydroxyl groups excluding tert-OH is 1. The summed E-state index contributed by atoms with van der Waals surface area (Å²) in [6, 6.07) is 7.34. The van der Waals surface area contributed by atoms with E-state index in [1.807, 2.05) is 18.2 Å².